The van der Waals surface area contributed by atoms with E-state index in [0.717, 1.165) is 0 Å². The molecule has 1 amide bonds. The zero-order chi connectivity index (χ0) is 17.5. The minimum absolute atomic E-state index is 0.0564. The lowest BCUT2D eigenvalue weighted by Gasteiger charge is -2.09. The van der Waals surface area contributed by atoms with E-state index in [-0.39, 0.29) is 24.4 Å². The van der Waals surface area contributed by atoms with Crippen LogP contribution in [-0.2, 0) is 0 Å². The first-order chi connectivity index (χ1) is 11.5. The predicted octanol–water partition coefficient (Wildman–Crippen LogP) is 2.58. The number of aryl methyl sites for hydroxylation is 1. The molecule has 1 N–H and O–H groups in total. The Bertz CT molecular complexity index is 794. The van der Waals surface area contributed by atoms with Crippen molar-refractivity contribution in [2.75, 3.05) is 13.2 Å². The number of rotatable bonds is 6. The lowest BCUT2D eigenvalue weighted by molar-refractivity contribution is -0.385. The molecule has 0 aliphatic rings. The number of carbonyl (C=O) groups is 1. The van der Waals surface area contributed by atoms with Gasteiger partial charge in [0.15, 0.2) is 0 Å². The zero-order valence-corrected chi connectivity index (χ0v) is 13.0. The van der Waals surface area contributed by atoms with Gasteiger partial charge in [0.1, 0.15) is 17.9 Å². The van der Waals surface area contributed by atoms with Crippen molar-refractivity contribution in [2.24, 2.45) is 0 Å². The highest BCUT2D eigenvalue weighted by atomic mass is 16.6. The largest absolute Gasteiger partial charge is 0.492 e. The smallest absolute Gasteiger partial charge is 0.282 e. The number of carbonyl (C=O) groups excluding carboxylic acids is 1. The van der Waals surface area contributed by atoms with E-state index in [1.54, 1.807) is 37.3 Å². The van der Waals surface area contributed by atoms with Crippen LogP contribution in [0.5, 0.6) is 5.75 Å². The Kier molecular flexibility index (Phi) is 5.47. The molecule has 0 spiro atoms. The Morgan fingerprint density at radius 3 is 2.62 bits per heavy atom. The Morgan fingerprint density at radius 1 is 1.29 bits per heavy atom. The minimum atomic E-state index is -0.574. The molecular weight excluding hydrogens is 310 g/mol. The van der Waals surface area contributed by atoms with Crippen molar-refractivity contribution in [3.8, 4) is 11.8 Å². The average molecular weight is 325 g/mol. The molecule has 0 radical (unpaired) electrons. The van der Waals surface area contributed by atoms with Crippen LogP contribution in [0.4, 0.5) is 5.69 Å². The molecule has 2 rings (SSSR count). The van der Waals surface area contributed by atoms with E-state index in [9.17, 15) is 14.9 Å². The van der Waals surface area contributed by atoms with Gasteiger partial charge in [0.2, 0.25) is 0 Å². The second kappa shape index (κ2) is 7.74. The molecule has 2 aromatic carbocycles. The maximum Gasteiger partial charge on any atom is 0.282 e. The van der Waals surface area contributed by atoms with E-state index < -0.39 is 10.8 Å². The van der Waals surface area contributed by atoms with Gasteiger partial charge in [0.25, 0.3) is 11.6 Å². The van der Waals surface area contributed by atoms with Crippen LogP contribution >= 0.6 is 0 Å². The molecule has 2 aromatic rings. The van der Waals surface area contributed by atoms with Gasteiger partial charge in [0, 0.05) is 6.07 Å². The lowest BCUT2D eigenvalue weighted by Crippen LogP contribution is -2.29. The maximum atomic E-state index is 12.2. The van der Waals surface area contributed by atoms with Gasteiger partial charge in [0.05, 0.1) is 23.1 Å². The number of hydrogen-bond acceptors (Lipinski definition) is 5. The quantitative estimate of drug-likeness (QED) is 0.499. The van der Waals surface area contributed by atoms with Gasteiger partial charge in [-0.2, -0.15) is 5.26 Å². The summed E-state index contributed by atoms with van der Waals surface area (Å²) in [6.07, 6.45) is 0. The summed E-state index contributed by atoms with van der Waals surface area (Å²) >= 11 is 0. The highest BCUT2D eigenvalue weighted by Gasteiger charge is 2.21. The van der Waals surface area contributed by atoms with E-state index in [0.29, 0.717) is 16.9 Å². The Morgan fingerprint density at radius 2 is 2.00 bits per heavy atom. The summed E-state index contributed by atoms with van der Waals surface area (Å²) < 4.78 is 5.44. The van der Waals surface area contributed by atoms with Crippen LogP contribution in [0.2, 0.25) is 0 Å². The van der Waals surface area contributed by atoms with Crippen molar-refractivity contribution in [1.82, 2.24) is 5.32 Å². The van der Waals surface area contributed by atoms with Crippen molar-refractivity contribution in [2.45, 2.75) is 6.92 Å². The summed E-state index contributed by atoms with van der Waals surface area (Å²) in [5.41, 5.74) is 0.901. The molecule has 0 aliphatic carbocycles. The number of nitrogens with one attached hydrogen (secondary N) is 1. The van der Waals surface area contributed by atoms with Crippen LogP contribution in [0, 0.1) is 28.4 Å². The van der Waals surface area contributed by atoms with Crippen LogP contribution in [-0.4, -0.2) is 24.0 Å². The minimum Gasteiger partial charge on any atom is -0.492 e. The number of ether oxygens (including phenoxy) is 1. The first-order valence-corrected chi connectivity index (χ1v) is 7.18. The summed E-state index contributed by atoms with van der Waals surface area (Å²) in [6.45, 7) is 2.05. The van der Waals surface area contributed by atoms with Crippen molar-refractivity contribution in [3.63, 3.8) is 0 Å². The molecule has 0 bridgehead atoms. The SMILES string of the molecule is Cc1cccc([N+](=O)[O-])c1C(=O)NCCOc1ccc(C#N)cc1. The van der Waals surface area contributed by atoms with E-state index in [1.807, 2.05) is 6.07 Å². The van der Waals surface area contributed by atoms with E-state index in [4.69, 9.17) is 10.00 Å². The van der Waals surface area contributed by atoms with Gasteiger partial charge in [-0.15, -0.1) is 0 Å². The lowest BCUT2D eigenvalue weighted by atomic mass is 10.1. The molecule has 7 heteroatoms. The number of benzene rings is 2. The molecule has 0 unspecified atom stereocenters. The van der Waals surface area contributed by atoms with Crippen molar-refractivity contribution in [1.29, 1.82) is 5.26 Å². The third kappa shape index (κ3) is 4.08. The number of amides is 1. The Labute approximate surface area is 138 Å². The molecular formula is C17H15N3O4. The fraction of sp³-hybridized carbons (Fsp3) is 0.176. The van der Waals surface area contributed by atoms with Gasteiger partial charge in [-0.3, -0.25) is 14.9 Å². The molecule has 0 aliphatic heterocycles. The van der Waals surface area contributed by atoms with Crippen molar-refractivity contribution >= 4 is 11.6 Å². The molecule has 24 heavy (non-hydrogen) atoms. The molecule has 0 atom stereocenters. The van der Waals surface area contributed by atoms with Gasteiger partial charge >= 0.3 is 0 Å². The van der Waals surface area contributed by atoms with Crippen LogP contribution in [0.25, 0.3) is 0 Å². The Balaban J connectivity index is 1.92. The number of hydrogen-bond donors (Lipinski definition) is 1. The number of nitro benzene ring substituents is 1. The van der Waals surface area contributed by atoms with Gasteiger partial charge < -0.3 is 10.1 Å². The van der Waals surface area contributed by atoms with Crippen molar-refractivity contribution in [3.05, 3.63) is 69.3 Å². The zero-order valence-electron chi connectivity index (χ0n) is 13.0. The fourth-order valence-corrected chi connectivity index (χ4v) is 2.15. The molecule has 7 nitrogen and oxygen atoms in total. The Hall–Kier alpha value is -3.40. The summed E-state index contributed by atoms with van der Waals surface area (Å²) in [4.78, 5) is 22.6. The highest BCUT2D eigenvalue weighted by Crippen LogP contribution is 2.21. The van der Waals surface area contributed by atoms with E-state index in [2.05, 4.69) is 5.32 Å². The van der Waals surface area contributed by atoms with Crippen LogP contribution in [0.3, 0.4) is 0 Å². The second-order valence-corrected chi connectivity index (χ2v) is 4.97. The fourth-order valence-electron chi connectivity index (χ4n) is 2.15. The third-order valence-corrected chi connectivity index (χ3v) is 3.31. The normalized spacial score (nSPS) is 9.83. The van der Waals surface area contributed by atoms with Gasteiger partial charge in [-0.05, 0) is 36.8 Å². The molecule has 0 heterocycles. The van der Waals surface area contributed by atoms with E-state index in [1.165, 1.54) is 12.1 Å². The number of nitro groups is 1. The molecule has 0 saturated carbocycles. The first-order valence-electron chi connectivity index (χ1n) is 7.18. The number of nitriles is 1. The third-order valence-electron chi connectivity index (χ3n) is 3.31. The maximum absolute atomic E-state index is 12.2. The molecule has 0 saturated heterocycles. The summed E-state index contributed by atoms with van der Waals surface area (Å²) in [5, 5.41) is 22.3. The standard InChI is InChI=1S/C17H15N3O4/c1-12-3-2-4-15(20(22)23)16(12)17(21)19-9-10-24-14-7-5-13(11-18)6-8-14/h2-8H,9-10H2,1H3,(H,19,21). The van der Waals surface area contributed by atoms with Gasteiger partial charge in [-0.25, -0.2) is 0 Å². The highest BCUT2D eigenvalue weighted by molar-refractivity contribution is 5.99. The van der Waals surface area contributed by atoms with Crippen LogP contribution < -0.4 is 10.1 Å². The first kappa shape index (κ1) is 17.0. The molecule has 0 fully saturated rings. The van der Waals surface area contributed by atoms with Crippen molar-refractivity contribution < 1.29 is 14.5 Å². The van der Waals surface area contributed by atoms with Crippen LogP contribution in [0.15, 0.2) is 42.5 Å². The van der Waals surface area contributed by atoms with E-state index >= 15 is 0 Å². The second-order valence-electron chi connectivity index (χ2n) is 4.97. The molecule has 0 aromatic heterocycles. The molecule has 122 valence electrons. The van der Waals surface area contributed by atoms with Crippen LogP contribution in [0.1, 0.15) is 21.5 Å². The number of nitrogens with zero attached hydrogens (tertiary/aromatic N) is 2. The topological polar surface area (TPSA) is 105 Å². The summed E-state index contributed by atoms with van der Waals surface area (Å²) in [7, 11) is 0. The monoisotopic (exact) mass is 325 g/mol. The summed E-state index contributed by atoms with van der Waals surface area (Å²) in [5.74, 6) is 0.0633. The summed E-state index contributed by atoms with van der Waals surface area (Å²) in [6, 6.07) is 13.1. The van der Waals surface area contributed by atoms with Gasteiger partial charge in [-0.1, -0.05) is 12.1 Å². The predicted molar refractivity (Wildman–Crippen MR) is 86.8 cm³/mol. The average Bonchev–Trinajstić information content (AvgIpc) is 2.58.